The molecular formula is C26H27FN4O2S. The molecule has 1 aliphatic heterocycles. The van der Waals surface area contributed by atoms with E-state index in [4.69, 9.17) is 9.84 Å². The standard InChI is InChI=1S/C26H27FN4O2S/c1-17-6-4-5-7-22(17)31-26-20(18(2)28-31)15-24(34-26)25(32)30-12-10-29(11-13-30)16-19-8-9-23(33-3)21(27)14-19/h4-9,14-15H,10-13,16H2,1-3H3. The van der Waals surface area contributed by atoms with Crippen LogP contribution in [0.4, 0.5) is 4.39 Å². The highest BCUT2D eigenvalue weighted by Gasteiger charge is 2.25. The lowest BCUT2D eigenvalue weighted by Crippen LogP contribution is -2.48. The Morgan fingerprint density at radius 1 is 1.09 bits per heavy atom. The topological polar surface area (TPSA) is 50.6 Å². The average Bonchev–Trinajstić information content (AvgIpc) is 3.40. The summed E-state index contributed by atoms with van der Waals surface area (Å²) in [5.74, 6) is -0.0338. The number of piperazine rings is 1. The molecule has 34 heavy (non-hydrogen) atoms. The molecule has 0 bridgehead atoms. The van der Waals surface area contributed by atoms with Crippen LogP contribution in [-0.4, -0.2) is 58.8 Å². The fraction of sp³-hybridized carbons (Fsp3) is 0.308. The Bertz CT molecular complexity index is 1350. The van der Waals surface area contributed by atoms with E-state index in [0.29, 0.717) is 19.6 Å². The van der Waals surface area contributed by atoms with Crippen LogP contribution in [0.25, 0.3) is 15.9 Å². The first-order valence-corrected chi connectivity index (χ1v) is 12.2. The predicted molar refractivity (Wildman–Crippen MR) is 133 cm³/mol. The Labute approximate surface area is 202 Å². The number of nitrogens with zero attached hydrogens (tertiary/aromatic N) is 4. The van der Waals surface area contributed by atoms with Crippen molar-refractivity contribution < 1.29 is 13.9 Å². The minimum atomic E-state index is -0.349. The van der Waals surface area contributed by atoms with Crippen molar-refractivity contribution in [3.63, 3.8) is 0 Å². The Balaban J connectivity index is 1.28. The smallest absolute Gasteiger partial charge is 0.264 e. The van der Waals surface area contributed by atoms with Gasteiger partial charge in [0.05, 0.1) is 23.4 Å². The highest BCUT2D eigenvalue weighted by Crippen LogP contribution is 2.32. The van der Waals surface area contributed by atoms with Crippen LogP contribution in [-0.2, 0) is 6.54 Å². The zero-order valence-electron chi connectivity index (χ0n) is 19.5. The highest BCUT2D eigenvalue weighted by molar-refractivity contribution is 7.20. The quantitative estimate of drug-likeness (QED) is 0.413. The average molecular weight is 479 g/mol. The summed E-state index contributed by atoms with van der Waals surface area (Å²) in [6.45, 7) is 7.50. The lowest BCUT2D eigenvalue weighted by Gasteiger charge is -2.34. The van der Waals surface area contributed by atoms with Gasteiger partial charge in [0.2, 0.25) is 0 Å². The number of hydrogen-bond donors (Lipinski definition) is 0. The van der Waals surface area contributed by atoms with Crippen LogP contribution >= 0.6 is 11.3 Å². The maximum absolute atomic E-state index is 14.0. The van der Waals surface area contributed by atoms with Crippen molar-refractivity contribution in [1.82, 2.24) is 19.6 Å². The van der Waals surface area contributed by atoms with E-state index in [1.165, 1.54) is 24.5 Å². The first kappa shape index (κ1) is 22.6. The molecule has 2 aromatic carbocycles. The minimum absolute atomic E-state index is 0.0621. The van der Waals surface area contributed by atoms with Gasteiger partial charge in [0.15, 0.2) is 11.6 Å². The largest absolute Gasteiger partial charge is 0.494 e. The normalized spacial score (nSPS) is 14.6. The molecule has 0 saturated carbocycles. The summed E-state index contributed by atoms with van der Waals surface area (Å²) >= 11 is 1.50. The van der Waals surface area contributed by atoms with Crippen LogP contribution in [0, 0.1) is 19.7 Å². The van der Waals surface area contributed by atoms with E-state index in [0.717, 1.165) is 50.7 Å². The number of amides is 1. The molecule has 6 nitrogen and oxygen atoms in total. The van der Waals surface area contributed by atoms with Crippen molar-refractivity contribution in [3.8, 4) is 11.4 Å². The van der Waals surface area contributed by atoms with Gasteiger partial charge in [0.1, 0.15) is 4.83 Å². The highest BCUT2D eigenvalue weighted by atomic mass is 32.1. The number of benzene rings is 2. The lowest BCUT2D eigenvalue weighted by molar-refractivity contribution is 0.0633. The molecule has 1 saturated heterocycles. The van der Waals surface area contributed by atoms with Gasteiger partial charge in [-0.15, -0.1) is 11.3 Å². The molecule has 0 aliphatic carbocycles. The third kappa shape index (κ3) is 4.19. The first-order chi connectivity index (χ1) is 16.4. The monoisotopic (exact) mass is 478 g/mol. The van der Waals surface area contributed by atoms with Crippen LogP contribution in [0.15, 0.2) is 48.5 Å². The number of thiophene rings is 1. The summed E-state index contributed by atoms with van der Waals surface area (Å²) in [6, 6.07) is 15.2. The van der Waals surface area contributed by atoms with Crippen LogP contribution in [0.5, 0.6) is 5.75 Å². The Hall–Kier alpha value is -3.23. The van der Waals surface area contributed by atoms with Crippen LogP contribution in [0.1, 0.15) is 26.5 Å². The second-order valence-corrected chi connectivity index (χ2v) is 9.68. The molecule has 4 aromatic rings. The van der Waals surface area contributed by atoms with Gasteiger partial charge < -0.3 is 9.64 Å². The van der Waals surface area contributed by atoms with Gasteiger partial charge in [-0.1, -0.05) is 24.3 Å². The molecule has 0 spiro atoms. The van der Waals surface area contributed by atoms with Gasteiger partial charge in [-0.2, -0.15) is 5.10 Å². The van der Waals surface area contributed by atoms with Gasteiger partial charge in [-0.25, -0.2) is 9.07 Å². The van der Waals surface area contributed by atoms with Gasteiger partial charge in [0, 0.05) is 38.1 Å². The predicted octanol–water partition coefficient (Wildman–Crippen LogP) is 4.81. The summed E-state index contributed by atoms with van der Waals surface area (Å²) in [7, 11) is 1.46. The minimum Gasteiger partial charge on any atom is -0.494 e. The number of methoxy groups -OCH3 is 1. The van der Waals surface area contributed by atoms with E-state index in [1.807, 2.05) is 40.8 Å². The van der Waals surface area contributed by atoms with Gasteiger partial charge in [-0.05, 0) is 49.2 Å². The van der Waals surface area contributed by atoms with Crippen molar-refractivity contribution >= 4 is 27.5 Å². The number of carbonyl (C=O) groups is 1. The Morgan fingerprint density at radius 2 is 1.85 bits per heavy atom. The van der Waals surface area contributed by atoms with E-state index in [9.17, 15) is 9.18 Å². The molecule has 0 radical (unpaired) electrons. The molecule has 2 aromatic heterocycles. The van der Waals surface area contributed by atoms with Crippen molar-refractivity contribution in [2.24, 2.45) is 0 Å². The first-order valence-electron chi connectivity index (χ1n) is 11.3. The lowest BCUT2D eigenvalue weighted by atomic mass is 10.1. The maximum Gasteiger partial charge on any atom is 0.264 e. The van der Waals surface area contributed by atoms with Crippen molar-refractivity contribution in [3.05, 3.63) is 76.0 Å². The number of rotatable bonds is 5. The summed E-state index contributed by atoms with van der Waals surface area (Å²) in [6.07, 6.45) is 0. The fourth-order valence-electron chi connectivity index (χ4n) is 4.45. The van der Waals surface area contributed by atoms with Crippen molar-refractivity contribution in [2.75, 3.05) is 33.3 Å². The van der Waals surface area contributed by atoms with E-state index < -0.39 is 0 Å². The van der Waals surface area contributed by atoms with Gasteiger partial charge >= 0.3 is 0 Å². The molecule has 8 heteroatoms. The van der Waals surface area contributed by atoms with E-state index in [-0.39, 0.29) is 17.5 Å². The van der Waals surface area contributed by atoms with E-state index >= 15 is 0 Å². The number of hydrogen-bond acceptors (Lipinski definition) is 5. The number of aromatic nitrogens is 2. The number of aryl methyl sites for hydroxylation is 2. The summed E-state index contributed by atoms with van der Waals surface area (Å²) < 4.78 is 21.0. The van der Waals surface area contributed by atoms with Crippen LogP contribution in [0.3, 0.4) is 0 Å². The molecule has 1 amide bonds. The number of carbonyl (C=O) groups excluding carboxylic acids is 1. The number of halogens is 1. The summed E-state index contributed by atoms with van der Waals surface area (Å²) in [5, 5.41) is 5.75. The van der Waals surface area contributed by atoms with Crippen molar-refractivity contribution in [1.29, 1.82) is 0 Å². The summed E-state index contributed by atoms with van der Waals surface area (Å²) in [4.78, 5) is 19.2. The second-order valence-electron chi connectivity index (χ2n) is 8.65. The number of ether oxygens (including phenoxy) is 1. The van der Waals surface area contributed by atoms with Crippen LogP contribution in [0.2, 0.25) is 0 Å². The fourth-order valence-corrected chi connectivity index (χ4v) is 5.59. The molecule has 3 heterocycles. The molecule has 0 N–H and O–H groups in total. The summed E-state index contributed by atoms with van der Waals surface area (Å²) in [5.41, 5.74) is 4.00. The maximum atomic E-state index is 14.0. The zero-order valence-corrected chi connectivity index (χ0v) is 20.4. The van der Waals surface area contributed by atoms with Crippen LogP contribution < -0.4 is 4.74 Å². The number of para-hydroxylation sites is 1. The SMILES string of the molecule is COc1ccc(CN2CCN(C(=O)c3cc4c(C)nn(-c5ccccc5C)c4s3)CC2)cc1F. The molecular weight excluding hydrogens is 451 g/mol. The Kier molecular flexibility index (Phi) is 6.10. The van der Waals surface area contributed by atoms with Gasteiger partial charge in [0.25, 0.3) is 5.91 Å². The number of fused-ring (bicyclic) bond motifs is 1. The zero-order chi connectivity index (χ0) is 23.8. The third-order valence-corrected chi connectivity index (χ3v) is 7.48. The molecule has 0 unspecified atom stereocenters. The van der Waals surface area contributed by atoms with Crippen molar-refractivity contribution in [2.45, 2.75) is 20.4 Å². The third-order valence-electron chi connectivity index (χ3n) is 6.38. The molecule has 5 rings (SSSR count). The van der Waals surface area contributed by atoms with E-state index in [2.05, 4.69) is 24.0 Å². The second kappa shape index (κ2) is 9.19. The van der Waals surface area contributed by atoms with Gasteiger partial charge in [-0.3, -0.25) is 9.69 Å². The molecule has 0 atom stereocenters. The van der Waals surface area contributed by atoms with E-state index in [1.54, 1.807) is 6.07 Å². The molecule has 1 fully saturated rings. The molecule has 176 valence electrons. The molecule has 1 aliphatic rings. The Morgan fingerprint density at radius 3 is 2.56 bits per heavy atom.